The number of carbonyl (C=O) groups excluding carboxylic acids is 3. The molecule has 1 atom stereocenters. The minimum absolute atomic E-state index is 0.167. The Morgan fingerprint density at radius 3 is 2.15 bits per heavy atom. The van der Waals surface area contributed by atoms with E-state index >= 15 is 0 Å². The molecule has 1 unspecified atom stereocenters. The highest BCUT2D eigenvalue weighted by atomic mass is 35.5. The number of nitrogens with two attached hydrogens (primary N) is 1. The topological polar surface area (TPSA) is 95.7 Å². The number of unbranched alkanes of at least 4 members (excludes halogenated alkanes) is 1. The summed E-state index contributed by atoms with van der Waals surface area (Å²) in [5.74, 6) is -0.343. The van der Waals surface area contributed by atoms with Gasteiger partial charge >= 0.3 is 6.03 Å². The van der Waals surface area contributed by atoms with E-state index < -0.39 is 12.1 Å². The summed E-state index contributed by atoms with van der Waals surface area (Å²) in [5.41, 5.74) is 5.61. The zero-order chi connectivity index (χ0) is 20.0. The molecular weight excluding hydrogens is 391 g/mol. The Morgan fingerprint density at radius 2 is 1.63 bits per heavy atom. The van der Waals surface area contributed by atoms with E-state index in [9.17, 15) is 14.4 Å². The first-order valence-corrected chi connectivity index (χ1v) is 9.67. The Kier molecular flexibility index (Phi) is 7.74. The highest BCUT2D eigenvalue weighted by Gasteiger charge is 2.29. The van der Waals surface area contributed by atoms with Crippen molar-refractivity contribution in [1.29, 1.82) is 0 Å². The Hall–Kier alpha value is -1.99. The molecule has 9 heteroatoms. The van der Waals surface area contributed by atoms with E-state index in [1.807, 2.05) is 6.92 Å². The summed E-state index contributed by atoms with van der Waals surface area (Å²) in [5, 5.41) is 3.32. The molecule has 7 nitrogen and oxygen atoms in total. The van der Waals surface area contributed by atoms with Crippen LogP contribution in [-0.4, -0.2) is 59.9 Å². The van der Waals surface area contributed by atoms with Crippen LogP contribution < -0.4 is 11.1 Å². The van der Waals surface area contributed by atoms with Gasteiger partial charge in [-0.25, -0.2) is 4.79 Å². The van der Waals surface area contributed by atoms with Gasteiger partial charge in [0.25, 0.3) is 5.91 Å². The highest BCUT2D eigenvalue weighted by Crippen LogP contribution is 2.21. The van der Waals surface area contributed by atoms with Gasteiger partial charge in [0.1, 0.15) is 6.04 Å². The van der Waals surface area contributed by atoms with Gasteiger partial charge in [0.15, 0.2) is 0 Å². The molecule has 1 heterocycles. The molecule has 27 heavy (non-hydrogen) atoms. The van der Waals surface area contributed by atoms with Gasteiger partial charge in [0, 0.05) is 41.8 Å². The van der Waals surface area contributed by atoms with Crippen molar-refractivity contribution < 1.29 is 14.4 Å². The molecule has 2 rings (SSSR count). The summed E-state index contributed by atoms with van der Waals surface area (Å²) < 4.78 is 0. The van der Waals surface area contributed by atoms with Crippen LogP contribution in [0.15, 0.2) is 18.2 Å². The number of nitrogens with one attached hydrogen (secondary N) is 1. The van der Waals surface area contributed by atoms with E-state index in [0.717, 1.165) is 12.8 Å². The lowest BCUT2D eigenvalue weighted by molar-refractivity contribution is -0.134. The molecule has 0 bridgehead atoms. The second kappa shape index (κ2) is 9.80. The molecule has 0 spiro atoms. The highest BCUT2D eigenvalue weighted by molar-refractivity contribution is 6.35. The molecule has 1 aliphatic rings. The molecule has 1 aromatic carbocycles. The van der Waals surface area contributed by atoms with Gasteiger partial charge in [-0.05, 0) is 24.6 Å². The molecule has 3 N–H and O–H groups in total. The van der Waals surface area contributed by atoms with Crippen LogP contribution >= 0.6 is 23.2 Å². The Balaban J connectivity index is 1.97. The van der Waals surface area contributed by atoms with Crippen molar-refractivity contribution in [3.63, 3.8) is 0 Å². The average Bonchev–Trinajstić information content (AvgIpc) is 2.63. The number of benzene rings is 1. The van der Waals surface area contributed by atoms with Crippen molar-refractivity contribution >= 4 is 41.0 Å². The minimum atomic E-state index is -0.712. The summed E-state index contributed by atoms with van der Waals surface area (Å²) in [6, 6.07) is 3.38. The summed E-state index contributed by atoms with van der Waals surface area (Å²) in [6.45, 7) is 3.58. The monoisotopic (exact) mass is 414 g/mol. The number of halogens is 2. The van der Waals surface area contributed by atoms with E-state index in [4.69, 9.17) is 28.9 Å². The smallest absolute Gasteiger partial charge is 0.312 e. The second-order valence-corrected chi connectivity index (χ2v) is 7.35. The Morgan fingerprint density at radius 1 is 1.07 bits per heavy atom. The molecule has 0 aromatic heterocycles. The Bertz CT molecular complexity index is 686. The number of hydrogen-bond donors (Lipinski definition) is 2. The predicted molar refractivity (Wildman–Crippen MR) is 105 cm³/mol. The first-order valence-electron chi connectivity index (χ1n) is 8.92. The van der Waals surface area contributed by atoms with E-state index in [2.05, 4.69) is 5.32 Å². The number of carbonyl (C=O) groups is 3. The standard InChI is InChI=1S/C18H24Cl2N4O3/c1-2-3-4-15(22-18(21)27)17(26)24-7-5-23(6-8-24)16(25)12-9-13(19)11-14(20)10-12/h9-11,15H,2-8H2,1H3,(H3,21,22,27). The fourth-order valence-electron chi connectivity index (χ4n) is 3.05. The summed E-state index contributed by atoms with van der Waals surface area (Å²) in [4.78, 5) is 39.8. The molecule has 0 radical (unpaired) electrons. The quantitative estimate of drug-likeness (QED) is 0.747. The normalized spacial score (nSPS) is 15.4. The zero-order valence-electron chi connectivity index (χ0n) is 15.2. The van der Waals surface area contributed by atoms with Crippen molar-refractivity contribution in [2.24, 2.45) is 5.73 Å². The molecule has 148 valence electrons. The molecule has 0 saturated carbocycles. The lowest BCUT2D eigenvalue weighted by Gasteiger charge is -2.36. The maximum absolute atomic E-state index is 12.7. The molecule has 0 aliphatic carbocycles. The van der Waals surface area contributed by atoms with Crippen LogP contribution in [0, 0.1) is 0 Å². The number of urea groups is 1. The van der Waals surface area contributed by atoms with Gasteiger partial charge in [-0.2, -0.15) is 0 Å². The average molecular weight is 415 g/mol. The van der Waals surface area contributed by atoms with Crippen LogP contribution in [-0.2, 0) is 4.79 Å². The first-order chi connectivity index (χ1) is 12.8. The van der Waals surface area contributed by atoms with Crippen LogP contribution in [0.3, 0.4) is 0 Å². The van der Waals surface area contributed by atoms with Gasteiger partial charge < -0.3 is 20.9 Å². The summed E-state index contributed by atoms with van der Waals surface area (Å²) >= 11 is 11.9. The number of amides is 4. The van der Waals surface area contributed by atoms with Gasteiger partial charge in [0.05, 0.1) is 0 Å². The summed E-state index contributed by atoms with van der Waals surface area (Å²) in [6.07, 6.45) is 2.26. The van der Waals surface area contributed by atoms with Crippen molar-refractivity contribution in [2.45, 2.75) is 32.2 Å². The van der Waals surface area contributed by atoms with Crippen molar-refractivity contribution in [1.82, 2.24) is 15.1 Å². The molecule has 1 saturated heterocycles. The van der Waals surface area contributed by atoms with Crippen LogP contribution in [0.1, 0.15) is 36.5 Å². The van der Waals surface area contributed by atoms with Gasteiger partial charge in [0.2, 0.25) is 5.91 Å². The van der Waals surface area contributed by atoms with Gasteiger partial charge in [-0.1, -0.05) is 43.0 Å². The third kappa shape index (κ3) is 6.01. The van der Waals surface area contributed by atoms with Crippen molar-refractivity contribution in [2.75, 3.05) is 26.2 Å². The van der Waals surface area contributed by atoms with Crippen LogP contribution in [0.2, 0.25) is 10.0 Å². The number of nitrogens with zero attached hydrogens (tertiary/aromatic N) is 2. The number of rotatable bonds is 6. The molecule has 1 aliphatic heterocycles. The lowest BCUT2D eigenvalue weighted by Crippen LogP contribution is -2.56. The molecule has 1 aromatic rings. The van der Waals surface area contributed by atoms with E-state index in [-0.39, 0.29) is 11.8 Å². The van der Waals surface area contributed by atoms with E-state index in [1.54, 1.807) is 28.0 Å². The fourth-order valence-corrected chi connectivity index (χ4v) is 3.57. The van der Waals surface area contributed by atoms with Crippen molar-refractivity contribution in [3.05, 3.63) is 33.8 Å². The van der Waals surface area contributed by atoms with E-state index in [1.165, 1.54) is 0 Å². The second-order valence-electron chi connectivity index (χ2n) is 6.48. The summed E-state index contributed by atoms with van der Waals surface area (Å²) in [7, 11) is 0. The Labute approximate surface area is 168 Å². The maximum atomic E-state index is 12.7. The largest absolute Gasteiger partial charge is 0.352 e. The van der Waals surface area contributed by atoms with Gasteiger partial charge in [-0.15, -0.1) is 0 Å². The van der Waals surface area contributed by atoms with Crippen LogP contribution in [0.25, 0.3) is 0 Å². The van der Waals surface area contributed by atoms with Crippen molar-refractivity contribution in [3.8, 4) is 0 Å². The SMILES string of the molecule is CCCCC(NC(N)=O)C(=O)N1CCN(C(=O)c2cc(Cl)cc(Cl)c2)CC1. The predicted octanol–water partition coefficient (Wildman–Crippen LogP) is 2.50. The molecule has 1 fully saturated rings. The number of primary amides is 1. The fraction of sp³-hybridized carbons (Fsp3) is 0.500. The lowest BCUT2D eigenvalue weighted by atomic mass is 10.1. The molecule has 4 amide bonds. The first kappa shape index (κ1) is 21.3. The number of piperazine rings is 1. The van der Waals surface area contributed by atoms with Gasteiger partial charge in [-0.3, -0.25) is 9.59 Å². The minimum Gasteiger partial charge on any atom is -0.352 e. The number of hydrogen-bond acceptors (Lipinski definition) is 3. The molecular formula is C18H24Cl2N4O3. The van der Waals surface area contributed by atoms with E-state index in [0.29, 0.717) is 48.2 Å². The maximum Gasteiger partial charge on any atom is 0.312 e. The third-order valence-corrected chi connectivity index (χ3v) is 4.89. The van der Waals surface area contributed by atoms with Crippen LogP contribution in [0.5, 0.6) is 0 Å². The van der Waals surface area contributed by atoms with Crippen LogP contribution in [0.4, 0.5) is 4.79 Å². The third-order valence-electron chi connectivity index (χ3n) is 4.45. The zero-order valence-corrected chi connectivity index (χ0v) is 16.7.